The Kier molecular flexibility index (Phi) is 4.83. The fourth-order valence-electron chi connectivity index (χ4n) is 1.93. The molecule has 1 unspecified atom stereocenters. The lowest BCUT2D eigenvalue weighted by atomic mass is 10.0. The number of anilines is 1. The topological polar surface area (TPSA) is 72.2 Å². The van der Waals surface area contributed by atoms with Crippen LogP contribution in [0.2, 0.25) is 0 Å². The van der Waals surface area contributed by atoms with Gasteiger partial charge in [-0.25, -0.2) is 0 Å². The van der Waals surface area contributed by atoms with E-state index in [2.05, 4.69) is 19.2 Å². The van der Waals surface area contributed by atoms with Crippen molar-refractivity contribution in [1.82, 2.24) is 0 Å². The van der Waals surface area contributed by atoms with Gasteiger partial charge in [0.05, 0.1) is 4.92 Å². The van der Waals surface area contributed by atoms with Crippen LogP contribution in [0.1, 0.15) is 37.6 Å². The highest BCUT2D eigenvalue weighted by Gasteiger charge is 2.16. The van der Waals surface area contributed by atoms with Crippen molar-refractivity contribution in [3.63, 3.8) is 0 Å². The summed E-state index contributed by atoms with van der Waals surface area (Å²) < 4.78 is 0. The summed E-state index contributed by atoms with van der Waals surface area (Å²) in [5.74, 6) is 0.515. The Morgan fingerprint density at radius 3 is 2.56 bits per heavy atom. The predicted octanol–water partition coefficient (Wildman–Crippen LogP) is 3.25. The van der Waals surface area contributed by atoms with E-state index in [9.17, 15) is 14.9 Å². The summed E-state index contributed by atoms with van der Waals surface area (Å²) in [5, 5.41) is 14.1. The van der Waals surface area contributed by atoms with Gasteiger partial charge in [-0.15, -0.1) is 0 Å². The Morgan fingerprint density at radius 1 is 1.39 bits per heavy atom. The molecule has 1 rings (SSSR count). The maximum absolute atomic E-state index is 10.9. The van der Waals surface area contributed by atoms with Crippen LogP contribution in [0.3, 0.4) is 0 Å². The van der Waals surface area contributed by atoms with Crippen molar-refractivity contribution in [1.29, 1.82) is 0 Å². The second-order valence-corrected chi connectivity index (χ2v) is 4.83. The van der Waals surface area contributed by atoms with Crippen LogP contribution < -0.4 is 5.32 Å². The number of rotatable bonds is 6. The molecular formula is C13H18N2O3. The number of hydrogen-bond donors (Lipinski definition) is 1. The van der Waals surface area contributed by atoms with Crippen molar-refractivity contribution >= 4 is 17.7 Å². The molecule has 0 saturated carbocycles. The zero-order chi connectivity index (χ0) is 13.7. The summed E-state index contributed by atoms with van der Waals surface area (Å²) in [6.45, 7) is 6.18. The number of nitro benzene ring substituents is 1. The average molecular weight is 250 g/mol. The van der Waals surface area contributed by atoms with E-state index < -0.39 is 4.92 Å². The number of benzene rings is 1. The van der Waals surface area contributed by atoms with E-state index in [0.29, 0.717) is 23.5 Å². The quantitative estimate of drug-likeness (QED) is 0.478. The van der Waals surface area contributed by atoms with Crippen molar-refractivity contribution in [2.45, 2.75) is 33.2 Å². The molecule has 1 aromatic rings. The van der Waals surface area contributed by atoms with Gasteiger partial charge in [0.15, 0.2) is 0 Å². The third-order valence-corrected chi connectivity index (χ3v) is 2.58. The van der Waals surface area contributed by atoms with Crippen LogP contribution in [-0.2, 0) is 0 Å². The molecule has 0 saturated heterocycles. The number of nitrogens with one attached hydrogen (secondary N) is 1. The molecule has 0 aliphatic heterocycles. The minimum Gasteiger partial charge on any atom is -0.377 e. The Balaban J connectivity index is 2.94. The number of nitro groups is 1. The summed E-state index contributed by atoms with van der Waals surface area (Å²) in [6, 6.07) is 4.59. The maximum atomic E-state index is 10.9. The smallest absolute Gasteiger partial charge is 0.293 e. The number of carbonyl (C=O) groups is 1. The molecule has 0 heterocycles. The van der Waals surface area contributed by atoms with Crippen molar-refractivity contribution < 1.29 is 9.72 Å². The monoisotopic (exact) mass is 250 g/mol. The summed E-state index contributed by atoms with van der Waals surface area (Å²) in [5.41, 5.74) is 0.706. The first-order valence-electron chi connectivity index (χ1n) is 5.94. The van der Waals surface area contributed by atoms with Crippen LogP contribution in [0.4, 0.5) is 11.4 Å². The van der Waals surface area contributed by atoms with Crippen molar-refractivity contribution in [2.24, 2.45) is 5.92 Å². The summed E-state index contributed by atoms with van der Waals surface area (Å²) in [6.07, 6.45) is 1.53. The summed E-state index contributed by atoms with van der Waals surface area (Å²) >= 11 is 0. The largest absolute Gasteiger partial charge is 0.377 e. The SMILES string of the molecule is CC(C)CC(C)Nc1ccc(C=O)cc1[N+](=O)[O-]. The molecule has 0 bridgehead atoms. The predicted molar refractivity (Wildman–Crippen MR) is 71.0 cm³/mol. The first kappa shape index (κ1) is 14.2. The van der Waals surface area contributed by atoms with Gasteiger partial charge >= 0.3 is 0 Å². The van der Waals surface area contributed by atoms with Gasteiger partial charge in [-0.1, -0.05) is 13.8 Å². The number of nitrogens with zero attached hydrogens (tertiary/aromatic N) is 1. The first-order chi connectivity index (χ1) is 8.43. The lowest BCUT2D eigenvalue weighted by Gasteiger charge is -2.17. The molecule has 1 N–H and O–H groups in total. The Morgan fingerprint density at radius 2 is 2.06 bits per heavy atom. The van der Waals surface area contributed by atoms with E-state index in [1.165, 1.54) is 6.07 Å². The van der Waals surface area contributed by atoms with Gasteiger partial charge in [-0.2, -0.15) is 0 Å². The van der Waals surface area contributed by atoms with Crippen LogP contribution in [0.25, 0.3) is 0 Å². The van der Waals surface area contributed by atoms with Crippen molar-refractivity contribution in [3.8, 4) is 0 Å². The molecule has 0 radical (unpaired) electrons. The minimum absolute atomic E-state index is 0.0600. The Bertz CT molecular complexity index is 444. The molecule has 1 aromatic carbocycles. The molecule has 0 amide bonds. The maximum Gasteiger partial charge on any atom is 0.293 e. The van der Waals surface area contributed by atoms with Crippen LogP contribution in [0.15, 0.2) is 18.2 Å². The fraction of sp³-hybridized carbons (Fsp3) is 0.462. The zero-order valence-electron chi connectivity index (χ0n) is 10.8. The van der Waals surface area contributed by atoms with Crippen molar-refractivity contribution in [2.75, 3.05) is 5.32 Å². The minimum atomic E-state index is -0.475. The highest BCUT2D eigenvalue weighted by atomic mass is 16.6. The molecular weight excluding hydrogens is 232 g/mol. The lowest BCUT2D eigenvalue weighted by molar-refractivity contribution is -0.384. The van der Waals surface area contributed by atoms with Crippen LogP contribution in [0, 0.1) is 16.0 Å². The molecule has 98 valence electrons. The van der Waals surface area contributed by atoms with Gasteiger partial charge in [0.1, 0.15) is 12.0 Å². The van der Waals surface area contributed by atoms with Gasteiger partial charge in [0.2, 0.25) is 0 Å². The van der Waals surface area contributed by atoms with E-state index in [-0.39, 0.29) is 11.7 Å². The molecule has 0 fully saturated rings. The molecule has 0 aromatic heterocycles. The van der Waals surface area contributed by atoms with Gasteiger partial charge in [-0.05, 0) is 31.4 Å². The van der Waals surface area contributed by atoms with E-state index >= 15 is 0 Å². The molecule has 5 heteroatoms. The van der Waals surface area contributed by atoms with E-state index in [1.54, 1.807) is 12.1 Å². The summed E-state index contributed by atoms with van der Waals surface area (Å²) in [7, 11) is 0. The van der Waals surface area contributed by atoms with Gasteiger partial charge < -0.3 is 5.32 Å². The molecule has 1 atom stereocenters. The van der Waals surface area contributed by atoms with Gasteiger partial charge in [-0.3, -0.25) is 14.9 Å². The molecule has 0 aliphatic carbocycles. The third kappa shape index (κ3) is 3.84. The van der Waals surface area contributed by atoms with Crippen LogP contribution in [0.5, 0.6) is 0 Å². The van der Waals surface area contributed by atoms with Crippen LogP contribution >= 0.6 is 0 Å². The van der Waals surface area contributed by atoms with Crippen LogP contribution in [-0.4, -0.2) is 17.3 Å². The normalized spacial score (nSPS) is 12.2. The number of carbonyl (C=O) groups excluding carboxylic acids is 1. The van der Waals surface area contributed by atoms with Gasteiger partial charge in [0, 0.05) is 17.7 Å². The molecule has 0 spiro atoms. The second-order valence-electron chi connectivity index (χ2n) is 4.83. The zero-order valence-corrected chi connectivity index (χ0v) is 10.8. The third-order valence-electron chi connectivity index (χ3n) is 2.58. The summed E-state index contributed by atoms with van der Waals surface area (Å²) in [4.78, 5) is 21.1. The average Bonchev–Trinajstić information content (AvgIpc) is 2.28. The fourth-order valence-corrected chi connectivity index (χ4v) is 1.93. The van der Waals surface area contributed by atoms with Gasteiger partial charge in [0.25, 0.3) is 5.69 Å². The highest BCUT2D eigenvalue weighted by molar-refractivity contribution is 5.79. The highest BCUT2D eigenvalue weighted by Crippen LogP contribution is 2.26. The Hall–Kier alpha value is -1.91. The molecule has 18 heavy (non-hydrogen) atoms. The lowest BCUT2D eigenvalue weighted by Crippen LogP contribution is -2.18. The number of hydrogen-bond acceptors (Lipinski definition) is 4. The number of aldehydes is 1. The Labute approximate surface area is 106 Å². The molecule has 5 nitrogen and oxygen atoms in total. The second kappa shape index (κ2) is 6.14. The first-order valence-corrected chi connectivity index (χ1v) is 5.94. The van der Waals surface area contributed by atoms with E-state index in [4.69, 9.17) is 0 Å². The standard InChI is InChI=1S/C13H18N2O3/c1-9(2)6-10(3)14-12-5-4-11(8-16)7-13(12)15(17)18/h4-5,7-10,14H,6H2,1-3H3. The van der Waals surface area contributed by atoms with Crippen molar-refractivity contribution in [3.05, 3.63) is 33.9 Å². The van der Waals surface area contributed by atoms with E-state index in [1.807, 2.05) is 6.92 Å². The molecule has 0 aliphatic rings. The van der Waals surface area contributed by atoms with E-state index in [0.717, 1.165) is 6.42 Å².